The number of anilines is 1. The van der Waals surface area contributed by atoms with Crippen molar-refractivity contribution in [3.8, 4) is 6.07 Å². The second-order valence-electron chi connectivity index (χ2n) is 5.07. The Morgan fingerprint density at radius 2 is 2.16 bits per heavy atom. The predicted octanol–water partition coefficient (Wildman–Crippen LogP) is 1.97. The molecule has 0 bridgehead atoms. The standard InChI is InChI=1S/C15H11N5O3S2/c1-25(22,23)15-19-14(24-20-15)18-13(21)9(7-16)6-10-8-17-12-5-3-2-4-11(10)12/h2-6,8,17H,1H3,(H,18,19,20,21)/b9-6-. The molecule has 25 heavy (non-hydrogen) atoms. The molecule has 0 spiro atoms. The summed E-state index contributed by atoms with van der Waals surface area (Å²) >= 11 is 0.728. The number of carbonyl (C=O) groups is 1. The SMILES string of the molecule is CS(=O)(=O)c1nsc(NC(=O)/C(C#N)=C\c2c[nH]c3ccccc23)n1. The summed E-state index contributed by atoms with van der Waals surface area (Å²) in [5.41, 5.74) is 1.44. The van der Waals surface area contributed by atoms with Gasteiger partial charge in [0, 0.05) is 40.5 Å². The van der Waals surface area contributed by atoms with E-state index in [2.05, 4.69) is 19.7 Å². The number of nitriles is 1. The van der Waals surface area contributed by atoms with E-state index in [1.54, 1.807) is 6.20 Å². The molecular formula is C15H11N5O3S2. The maximum atomic E-state index is 12.2. The van der Waals surface area contributed by atoms with Crippen molar-refractivity contribution in [2.24, 2.45) is 0 Å². The molecule has 2 aromatic heterocycles. The molecule has 0 unspecified atom stereocenters. The van der Waals surface area contributed by atoms with Gasteiger partial charge in [-0.05, 0) is 12.1 Å². The first kappa shape index (κ1) is 16.8. The number of nitrogens with zero attached hydrogens (tertiary/aromatic N) is 3. The molecule has 0 saturated carbocycles. The summed E-state index contributed by atoms with van der Waals surface area (Å²) in [6, 6.07) is 9.31. The fraction of sp³-hybridized carbons (Fsp3) is 0.0667. The molecule has 2 heterocycles. The number of aromatic nitrogens is 3. The van der Waals surface area contributed by atoms with Gasteiger partial charge in [0.1, 0.15) is 11.6 Å². The monoisotopic (exact) mass is 373 g/mol. The van der Waals surface area contributed by atoms with E-state index in [1.165, 1.54) is 6.08 Å². The molecule has 2 N–H and O–H groups in total. The first-order chi connectivity index (χ1) is 11.9. The van der Waals surface area contributed by atoms with Gasteiger partial charge in [0.15, 0.2) is 0 Å². The third kappa shape index (κ3) is 3.57. The minimum Gasteiger partial charge on any atom is -0.361 e. The lowest BCUT2D eigenvalue weighted by Crippen LogP contribution is -2.13. The fourth-order valence-electron chi connectivity index (χ4n) is 2.09. The predicted molar refractivity (Wildman–Crippen MR) is 93.5 cm³/mol. The van der Waals surface area contributed by atoms with Crippen LogP contribution in [0, 0.1) is 11.3 Å². The van der Waals surface area contributed by atoms with Crippen molar-refractivity contribution in [1.29, 1.82) is 5.26 Å². The largest absolute Gasteiger partial charge is 0.361 e. The number of benzene rings is 1. The van der Waals surface area contributed by atoms with Crippen molar-refractivity contribution in [1.82, 2.24) is 14.3 Å². The van der Waals surface area contributed by atoms with Crippen LogP contribution in [0.1, 0.15) is 5.56 Å². The van der Waals surface area contributed by atoms with Gasteiger partial charge < -0.3 is 4.98 Å². The molecule has 0 atom stereocenters. The van der Waals surface area contributed by atoms with Crippen LogP contribution in [0.3, 0.4) is 0 Å². The Labute approximate surface area is 146 Å². The third-order valence-corrected chi connectivity index (χ3v) is 4.84. The summed E-state index contributed by atoms with van der Waals surface area (Å²) in [6.45, 7) is 0. The van der Waals surface area contributed by atoms with E-state index in [9.17, 15) is 18.5 Å². The minimum absolute atomic E-state index is 0.00509. The lowest BCUT2D eigenvalue weighted by molar-refractivity contribution is -0.112. The number of nitrogens with one attached hydrogen (secondary N) is 2. The molecule has 3 aromatic rings. The number of rotatable bonds is 4. The quantitative estimate of drug-likeness (QED) is 0.531. The molecule has 126 valence electrons. The van der Waals surface area contributed by atoms with Gasteiger partial charge in [-0.25, -0.2) is 8.42 Å². The zero-order valence-corrected chi connectivity index (χ0v) is 14.5. The average Bonchev–Trinajstić information content (AvgIpc) is 3.19. The molecule has 3 rings (SSSR count). The Morgan fingerprint density at radius 1 is 1.40 bits per heavy atom. The average molecular weight is 373 g/mol. The van der Waals surface area contributed by atoms with E-state index in [1.807, 2.05) is 30.3 Å². The van der Waals surface area contributed by atoms with Gasteiger partial charge >= 0.3 is 0 Å². The first-order valence-corrected chi connectivity index (χ1v) is 9.58. The van der Waals surface area contributed by atoms with E-state index in [-0.39, 0.29) is 15.9 Å². The summed E-state index contributed by atoms with van der Waals surface area (Å²) in [6.07, 6.45) is 4.12. The van der Waals surface area contributed by atoms with Crippen LogP contribution < -0.4 is 5.32 Å². The Morgan fingerprint density at radius 3 is 2.84 bits per heavy atom. The van der Waals surface area contributed by atoms with E-state index < -0.39 is 15.7 Å². The third-order valence-electron chi connectivity index (χ3n) is 3.25. The number of aromatic amines is 1. The highest BCUT2D eigenvalue weighted by molar-refractivity contribution is 7.90. The summed E-state index contributed by atoms with van der Waals surface area (Å²) in [4.78, 5) is 19.0. The second kappa shape index (κ2) is 6.46. The Bertz CT molecular complexity index is 1140. The molecule has 0 radical (unpaired) electrons. The van der Waals surface area contributed by atoms with Crippen molar-refractivity contribution >= 4 is 49.4 Å². The van der Waals surface area contributed by atoms with E-state index in [0.29, 0.717) is 5.56 Å². The zero-order chi connectivity index (χ0) is 18.0. The van der Waals surface area contributed by atoms with Crippen molar-refractivity contribution in [2.75, 3.05) is 11.6 Å². The minimum atomic E-state index is -3.56. The van der Waals surface area contributed by atoms with Crippen molar-refractivity contribution in [3.05, 3.63) is 41.6 Å². The van der Waals surface area contributed by atoms with Crippen LogP contribution >= 0.6 is 11.5 Å². The number of hydrogen-bond acceptors (Lipinski definition) is 7. The van der Waals surface area contributed by atoms with E-state index in [4.69, 9.17) is 0 Å². The maximum Gasteiger partial charge on any atom is 0.268 e. The number of sulfone groups is 1. The van der Waals surface area contributed by atoms with Crippen LogP contribution in [-0.2, 0) is 14.6 Å². The normalized spacial score (nSPS) is 12.1. The van der Waals surface area contributed by atoms with Crippen LogP contribution in [-0.4, -0.2) is 34.9 Å². The Kier molecular flexibility index (Phi) is 4.35. The molecule has 1 amide bonds. The second-order valence-corrected chi connectivity index (χ2v) is 7.73. The molecule has 0 fully saturated rings. The molecule has 0 saturated heterocycles. The first-order valence-electron chi connectivity index (χ1n) is 6.91. The lowest BCUT2D eigenvalue weighted by Gasteiger charge is -1.99. The van der Waals surface area contributed by atoms with Crippen LogP contribution in [0.25, 0.3) is 17.0 Å². The highest BCUT2D eigenvalue weighted by Gasteiger charge is 2.17. The number of carbonyl (C=O) groups excluding carboxylic acids is 1. The van der Waals surface area contributed by atoms with Gasteiger partial charge in [-0.2, -0.15) is 14.6 Å². The van der Waals surface area contributed by atoms with Gasteiger partial charge in [-0.3, -0.25) is 10.1 Å². The lowest BCUT2D eigenvalue weighted by atomic mass is 10.1. The highest BCUT2D eigenvalue weighted by Crippen LogP contribution is 2.21. The number of para-hydroxylation sites is 1. The molecule has 10 heteroatoms. The number of H-pyrrole nitrogens is 1. The van der Waals surface area contributed by atoms with Gasteiger partial charge in [-0.1, -0.05) is 18.2 Å². The number of hydrogen-bond donors (Lipinski definition) is 2. The Hall–Kier alpha value is -3.03. The topological polar surface area (TPSA) is 129 Å². The summed E-state index contributed by atoms with van der Waals surface area (Å²) < 4.78 is 26.4. The van der Waals surface area contributed by atoms with Crippen molar-refractivity contribution in [3.63, 3.8) is 0 Å². The van der Waals surface area contributed by atoms with Crippen LogP contribution in [0.15, 0.2) is 41.2 Å². The molecule has 8 nitrogen and oxygen atoms in total. The van der Waals surface area contributed by atoms with E-state index in [0.717, 1.165) is 28.7 Å². The molecule has 0 aliphatic rings. The summed E-state index contributed by atoms with van der Waals surface area (Å²) in [5.74, 6) is -0.691. The van der Waals surface area contributed by atoms with Crippen LogP contribution in [0.4, 0.5) is 5.13 Å². The smallest absolute Gasteiger partial charge is 0.268 e. The van der Waals surface area contributed by atoms with Gasteiger partial charge in [0.05, 0.1) is 0 Å². The van der Waals surface area contributed by atoms with Gasteiger partial charge in [0.2, 0.25) is 15.0 Å². The molecule has 1 aromatic carbocycles. The fourth-order valence-corrected chi connectivity index (χ4v) is 3.53. The molecule has 0 aliphatic heterocycles. The van der Waals surface area contributed by atoms with Crippen LogP contribution in [0.5, 0.6) is 0 Å². The molecule has 0 aliphatic carbocycles. The van der Waals surface area contributed by atoms with E-state index >= 15 is 0 Å². The summed E-state index contributed by atoms with van der Waals surface area (Å²) in [5, 5.41) is 12.2. The van der Waals surface area contributed by atoms with Gasteiger partial charge in [-0.15, -0.1) is 0 Å². The molecular weight excluding hydrogens is 362 g/mol. The summed E-state index contributed by atoms with van der Waals surface area (Å²) in [7, 11) is -3.56. The Balaban J connectivity index is 1.87. The van der Waals surface area contributed by atoms with Crippen LogP contribution in [0.2, 0.25) is 0 Å². The highest BCUT2D eigenvalue weighted by atomic mass is 32.2. The maximum absolute atomic E-state index is 12.2. The van der Waals surface area contributed by atoms with Crippen molar-refractivity contribution in [2.45, 2.75) is 5.16 Å². The van der Waals surface area contributed by atoms with Crippen molar-refractivity contribution < 1.29 is 13.2 Å². The zero-order valence-electron chi connectivity index (χ0n) is 12.8. The number of amides is 1. The van der Waals surface area contributed by atoms with Gasteiger partial charge in [0.25, 0.3) is 11.1 Å². The number of fused-ring (bicyclic) bond motifs is 1.